The third-order valence-electron chi connectivity index (χ3n) is 2.51. The summed E-state index contributed by atoms with van der Waals surface area (Å²) in [7, 11) is 1.34. The van der Waals surface area contributed by atoms with Gasteiger partial charge in [0.2, 0.25) is 0 Å². The number of carbonyl (C=O) groups is 2. The first kappa shape index (κ1) is 15.7. The fraction of sp³-hybridized carbons (Fsp3) is 0.385. The van der Waals surface area contributed by atoms with Crippen molar-refractivity contribution in [1.82, 2.24) is 5.32 Å². The van der Waals surface area contributed by atoms with Crippen LogP contribution in [0.4, 0.5) is 14.9 Å². The number of carbonyl (C=O) groups excluding carboxylic acids is 1. The topological polar surface area (TPSA) is 87.7 Å². The van der Waals surface area contributed by atoms with Crippen LogP contribution >= 0.6 is 0 Å². The second-order valence-electron chi connectivity index (χ2n) is 4.08. The highest BCUT2D eigenvalue weighted by Crippen LogP contribution is 2.21. The van der Waals surface area contributed by atoms with Gasteiger partial charge in [0.25, 0.3) is 0 Å². The Morgan fingerprint density at radius 2 is 2.10 bits per heavy atom. The molecular formula is C13H17FN2O4. The van der Waals surface area contributed by atoms with Crippen molar-refractivity contribution in [2.75, 3.05) is 19.0 Å². The van der Waals surface area contributed by atoms with E-state index in [0.717, 1.165) is 0 Å². The van der Waals surface area contributed by atoms with Gasteiger partial charge in [0.1, 0.15) is 0 Å². The Balaban J connectivity index is 2.33. The lowest BCUT2D eigenvalue weighted by molar-refractivity contribution is -0.137. The summed E-state index contributed by atoms with van der Waals surface area (Å²) in [5.41, 5.74) is 0.409. The second kappa shape index (κ2) is 7.98. The molecule has 0 fully saturated rings. The lowest BCUT2D eigenvalue weighted by Crippen LogP contribution is -2.29. The molecule has 110 valence electrons. The van der Waals surface area contributed by atoms with E-state index in [0.29, 0.717) is 25.1 Å². The number of carboxylic acid groups (broad SMARTS) is 1. The van der Waals surface area contributed by atoms with Gasteiger partial charge >= 0.3 is 12.0 Å². The van der Waals surface area contributed by atoms with Gasteiger partial charge in [0.15, 0.2) is 11.6 Å². The fourth-order valence-corrected chi connectivity index (χ4v) is 1.52. The standard InChI is InChI=1S/C13H17FN2O4/c1-20-11-8-9(5-6-10(11)14)16-13(19)15-7-3-2-4-12(17)18/h5-6,8H,2-4,7H2,1H3,(H,17,18)(H2,15,16,19). The molecule has 0 saturated carbocycles. The number of amides is 2. The Hall–Kier alpha value is -2.31. The van der Waals surface area contributed by atoms with Crippen LogP contribution in [0.3, 0.4) is 0 Å². The highest BCUT2D eigenvalue weighted by atomic mass is 19.1. The third kappa shape index (κ3) is 5.55. The smallest absolute Gasteiger partial charge is 0.319 e. The molecule has 0 aromatic heterocycles. The minimum atomic E-state index is -0.854. The molecule has 0 spiro atoms. The zero-order chi connectivity index (χ0) is 15.0. The van der Waals surface area contributed by atoms with E-state index in [-0.39, 0.29) is 12.2 Å². The average molecular weight is 284 g/mol. The summed E-state index contributed by atoms with van der Waals surface area (Å²) >= 11 is 0. The normalized spacial score (nSPS) is 9.90. The molecule has 0 atom stereocenters. The molecule has 0 radical (unpaired) electrons. The Kier molecular flexibility index (Phi) is 6.28. The zero-order valence-corrected chi connectivity index (χ0v) is 11.1. The minimum absolute atomic E-state index is 0.0456. The summed E-state index contributed by atoms with van der Waals surface area (Å²) in [6.07, 6.45) is 1.16. The molecule has 3 N–H and O–H groups in total. The molecule has 0 saturated heterocycles. The van der Waals surface area contributed by atoms with Crippen LogP contribution in [0.2, 0.25) is 0 Å². The van der Waals surface area contributed by atoms with Crippen LogP contribution in [0, 0.1) is 5.82 Å². The molecule has 7 heteroatoms. The van der Waals surface area contributed by atoms with Crippen LogP contribution in [-0.4, -0.2) is 30.8 Å². The minimum Gasteiger partial charge on any atom is -0.494 e. The summed E-state index contributed by atoms with van der Waals surface area (Å²) in [4.78, 5) is 21.8. The van der Waals surface area contributed by atoms with E-state index < -0.39 is 17.8 Å². The Bertz CT molecular complexity index is 479. The number of carboxylic acids is 1. The number of methoxy groups -OCH3 is 1. The van der Waals surface area contributed by atoms with Gasteiger partial charge in [-0.3, -0.25) is 4.79 Å². The van der Waals surface area contributed by atoms with E-state index >= 15 is 0 Å². The number of hydrogen-bond donors (Lipinski definition) is 3. The van der Waals surface area contributed by atoms with Crippen LogP contribution in [-0.2, 0) is 4.79 Å². The van der Waals surface area contributed by atoms with Crippen molar-refractivity contribution in [3.63, 3.8) is 0 Å². The lowest BCUT2D eigenvalue weighted by Gasteiger charge is -2.09. The number of unbranched alkanes of at least 4 members (excludes halogenated alkanes) is 1. The van der Waals surface area contributed by atoms with Gasteiger partial charge in [-0.2, -0.15) is 0 Å². The number of urea groups is 1. The Morgan fingerprint density at radius 1 is 1.35 bits per heavy atom. The Morgan fingerprint density at radius 3 is 2.75 bits per heavy atom. The summed E-state index contributed by atoms with van der Waals surface area (Å²) in [6, 6.07) is 3.55. The van der Waals surface area contributed by atoms with Gasteiger partial charge in [0, 0.05) is 24.7 Å². The number of aliphatic carboxylic acids is 1. The quantitative estimate of drug-likeness (QED) is 0.670. The monoisotopic (exact) mass is 284 g/mol. The summed E-state index contributed by atoms with van der Waals surface area (Å²) in [5.74, 6) is -1.32. The number of nitrogens with one attached hydrogen (secondary N) is 2. The fourth-order valence-electron chi connectivity index (χ4n) is 1.52. The number of hydrogen-bond acceptors (Lipinski definition) is 3. The third-order valence-corrected chi connectivity index (χ3v) is 2.51. The van der Waals surface area contributed by atoms with E-state index in [9.17, 15) is 14.0 Å². The van der Waals surface area contributed by atoms with Gasteiger partial charge in [-0.25, -0.2) is 9.18 Å². The molecular weight excluding hydrogens is 267 g/mol. The van der Waals surface area contributed by atoms with Gasteiger partial charge in [-0.05, 0) is 25.0 Å². The van der Waals surface area contributed by atoms with E-state index in [1.54, 1.807) is 0 Å². The molecule has 0 aliphatic rings. The molecule has 0 aliphatic carbocycles. The largest absolute Gasteiger partial charge is 0.494 e. The maximum atomic E-state index is 13.2. The van der Waals surface area contributed by atoms with Crippen molar-refractivity contribution >= 4 is 17.7 Å². The van der Waals surface area contributed by atoms with Crippen molar-refractivity contribution in [2.45, 2.75) is 19.3 Å². The van der Waals surface area contributed by atoms with Gasteiger partial charge in [-0.15, -0.1) is 0 Å². The van der Waals surface area contributed by atoms with E-state index in [1.807, 2.05) is 0 Å². The number of halogens is 1. The first-order valence-corrected chi connectivity index (χ1v) is 6.13. The number of anilines is 1. The summed E-state index contributed by atoms with van der Waals surface area (Å²) < 4.78 is 18.0. The van der Waals surface area contributed by atoms with Crippen LogP contribution in [0.1, 0.15) is 19.3 Å². The highest BCUT2D eigenvalue weighted by Gasteiger charge is 2.06. The van der Waals surface area contributed by atoms with Gasteiger partial charge in [-0.1, -0.05) is 0 Å². The van der Waals surface area contributed by atoms with Gasteiger partial charge < -0.3 is 20.5 Å². The maximum Gasteiger partial charge on any atom is 0.319 e. The van der Waals surface area contributed by atoms with E-state index in [1.165, 1.54) is 25.3 Å². The van der Waals surface area contributed by atoms with E-state index in [4.69, 9.17) is 9.84 Å². The summed E-state index contributed by atoms with van der Waals surface area (Å²) in [6.45, 7) is 0.372. The van der Waals surface area contributed by atoms with Crippen molar-refractivity contribution in [2.24, 2.45) is 0 Å². The van der Waals surface area contributed by atoms with Crippen molar-refractivity contribution < 1.29 is 23.8 Å². The first-order chi connectivity index (χ1) is 9.52. The molecule has 0 heterocycles. The van der Waals surface area contributed by atoms with Crippen molar-refractivity contribution in [1.29, 1.82) is 0 Å². The van der Waals surface area contributed by atoms with Crippen molar-refractivity contribution in [3.8, 4) is 5.75 Å². The van der Waals surface area contributed by atoms with Crippen LogP contribution in [0.15, 0.2) is 18.2 Å². The molecule has 1 aromatic rings. The SMILES string of the molecule is COc1cc(NC(=O)NCCCCC(=O)O)ccc1F. The number of ether oxygens (including phenoxy) is 1. The molecule has 1 aromatic carbocycles. The lowest BCUT2D eigenvalue weighted by atomic mass is 10.2. The average Bonchev–Trinajstić information content (AvgIpc) is 2.40. The molecule has 6 nitrogen and oxygen atoms in total. The molecule has 2 amide bonds. The molecule has 0 unspecified atom stereocenters. The Labute approximate surface area is 115 Å². The number of rotatable bonds is 7. The number of benzene rings is 1. The maximum absolute atomic E-state index is 13.2. The van der Waals surface area contributed by atoms with Crippen LogP contribution in [0.25, 0.3) is 0 Å². The molecule has 0 aliphatic heterocycles. The predicted octanol–water partition coefficient (Wildman–Crippen LogP) is 2.21. The summed E-state index contributed by atoms with van der Waals surface area (Å²) in [5, 5.41) is 13.6. The second-order valence-corrected chi connectivity index (χ2v) is 4.08. The molecule has 1 rings (SSSR count). The van der Waals surface area contributed by atoms with Crippen LogP contribution < -0.4 is 15.4 Å². The predicted molar refractivity (Wildman–Crippen MR) is 71.5 cm³/mol. The molecule has 20 heavy (non-hydrogen) atoms. The molecule has 0 bridgehead atoms. The highest BCUT2D eigenvalue weighted by molar-refractivity contribution is 5.89. The van der Waals surface area contributed by atoms with E-state index in [2.05, 4.69) is 10.6 Å². The first-order valence-electron chi connectivity index (χ1n) is 6.13. The zero-order valence-electron chi connectivity index (χ0n) is 11.1. The van der Waals surface area contributed by atoms with Crippen LogP contribution in [0.5, 0.6) is 5.75 Å². The van der Waals surface area contributed by atoms with Gasteiger partial charge in [0.05, 0.1) is 7.11 Å². The van der Waals surface area contributed by atoms with Crippen molar-refractivity contribution in [3.05, 3.63) is 24.0 Å².